The Balaban J connectivity index is 1.97. The second kappa shape index (κ2) is 6.18. The van der Waals surface area contributed by atoms with Gasteiger partial charge in [-0.25, -0.2) is 8.42 Å². The lowest BCUT2D eigenvalue weighted by Gasteiger charge is -2.26. The molecule has 0 aliphatic carbocycles. The molecule has 1 aromatic carbocycles. The third-order valence-electron chi connectivity index (χ3n) is 3.66. The summed E-state index contributed by atoms with van der Waals surface area (Å²) in [5.41, 5.74) is 1.05. The van der Waals surface area contributed by atoms with E-state index in [4.69, 9.17) is 0 Å². The van der Waals surface area contributed by atoms with Crippen molar-refractivity contribution in [1.82, 2.24) is 4.90 Å². The van der Waals surface area contributed by atoms with E-state index in [0.29, 0.717) is 12.8 Å². The van der Waals surface area contributed by atoms with E-state index in [2.05, 4.69) is 12.6 Å². The molecular formula is C14H19NO3S2. The van der Waals surface area contributed by atoms with Gasteiger partial charge in [0.05, 0.1) is 16.8 Å². The number of benzene rings is 1. The Morgan fingerprint density at radius 2 is 2.05 bits per heavy atom. The minimum atomic E-state index is -2.98. The van der Waals surface area contributed by atoms with Crippen LogP contribution in [0.15, 0.2) is 30.3 Å². The van der Waals surface area contributed by atoms with Gasteiger partial charge in [0, 0.05) is 13.1 Å². The first-order valence-electron chi connectivity index (χ1n) is 6.58. The Labute approximate surface area is 125 Å². The van der Waals surface area contributed by atoms with Crippen LogP contribution in [0.4, 0.5) is 0 Å². The average molecular weight is 313 g/mol. The van der Waals surface area contributed by atoms with Crippen LogP contribution >= 0.6 is 12.6 Å². The molecule has 20 heavy (non-hydrogen) atoms. The summed E-state index contributed by atoms with van der Waals surface area (Å²) in [6, 6.07) is 9.47. The molecule has 110 valence electrons. The molecule has 1 aliphatic heterocycles. The Kier molecular flexibility index (Phi) is 4.75. The fraction of sp³-hybridized carbons (Fsp3) is 0.500. The van der Waals surface area contributed by atoms with E-state index < -0.39 is 15.1 Å². The quantitative estimate of drug-likeness (QED) is 0.849. The van der Waals surface area contributed by atoms with Crippen molar-refractivity contribution in [2.75, 3.05) is 18.6 Å². The van der Waals surface area contributed by atoms with Crippen LogP contribution in [0.2, 0.25) is 0 Å². The summed E-state index contributed by atoms with van der Waals surface area (Å²) in [5.74, 6) is 0.131. The standard InChI is InChI=1S/C14H19NO3S2/c1-15(12-7-8-20(17,18)10-12)14(16)13(19)9-11-5-3-2-4-6-11/h2-6,12-13,19H,7-10H2,1H3. The maximum atomic E-state index is 12.3. The predicted octanol–water partition coefficient (Wildman–Crippen LogP) is 1.17. The molecule has 0 spiro atoms. The van der Waals surface area contributed by atoms with Gasteiger partial charge in [-0.1, -0.05) is 30.3 Å². The summed E-state index contributed by atoms with van der Waals surface area (Å²) in [6.45, 7) is 0. The summed E-state index contributed by atoms with van der Waals surface area (Å²) < 4.78 is 22.9. The molecular weight excluding hydrogens is 294 g/mol. The van der Waals surface area contributed by atoms with E-state index in [1.165, 1.54) is 0 Å². The van der Waals surface area contributed by atoms with Gasteiger partial charge >= 0.3 is 0 Å². The molecule has 0 N–H and O–H groups in total. The summed E-state index contributed by atoms with van der Waals surface area (Å²) in [4.78, 5) is 13.8. The van der Waals surface area contributed by atoms with Crippen molar-refractivity contribution in [2.24, 2.45) is 0 Å². The number of rotatable bonds is 4. The largest absolute Gasteiger partial charge is 0.341 e. The number of hydrogen-bond donors (Lipinski definition) is 1. The number of hydrogen-bond acceptors (Lipinski definition) is 4. The van der Waals surface area contributed by atoms with Gasteiger partial charge in [0.25, 0.3) is 0 Å². The topological polar surface area (TPSA) is 54.5 Å². The second-order valence-corrected chi connectivity index (χ2v) is 8.06. The van der Waals surface area contributed by atoms with Crippen LogP contribution < -0.4 is 0 Å². The molecule has 2 atom stereocenters. The zero-order chi connectivity index (χ0) is 14.8. The van der Waals surface area contributed by atoms with Gasteiger partial charge in [-0.15, -0.1) is 0 Å². The van der Waals surface area contributed by atoms with Crippen LogP contribution in [0.25, 0.3) is 0 Å². The van der Waals surface area contributed by atoms with Crippen LogP contribution in [0.5, 0.6) is 0 Å². The van der Waals surface area contributed by atoms with E-state index in [9.17, 15) is 13.2 Å². The fourth-order valence-corrected chi connectivity index (χ4v) is 4.59. The molecule has 0 aromatic heterocycles. The molecule has 1 saturated heterocycles. The molecule has 6 heteroatoms. The Bertz CT molecular complexity index is 571. The van der Waals surface area contributed by atoms with Gasteiger partial charge in [0.15, 0.2) is 9.84 Å². The molecule has 0 radical (unpaired) electrons. The highest BCUT2D eigenvalue weighted by atomic mass is 32.2. The van der Waals surface area contributed by atoms with E-state index in [0.717, 1.165) is 5.56 Å². The molecule has 2 unspecified atom stereocenters. The molecule has 1 heterocycles. The third-order valence-corrected chi connectivity index (χ3v) is 5.81. The van der Waals surface area contributed by atoms with Crippen LogP contribution in [-0.2, 0) is 21.1 Å². The molecule has 1 fully saturated rings. The zero-order valence-corrected chi connectivity index (χ0v) is 13.1. The summed E-state index contributed by atoms with van der Waals surface area (Å²) in [5, 5.41) is -0.439. The number of thiol groups is 1. The monoisotopic (exact) mass is 313 g/mol. The Morgan fingerprint density at radius 1 is 1.40 bits per heavy atom. The summed E-state index contributed by atoms with van der Waals surface area (Å²) >= 11 is 4.37. The molecule has 2 rings (SSSR count). The SMILES string of the molecule is CN(C(=O)C(S)Cc1ccccc1)C1CCS(=O)(=O)C1. The van der Waals surface area contributed by atoms with Crippen molar-refractivity contribution >= 4 is 28.4 Å². The fourth-order valence-electron chi connectivity index (χ4n) is 2.42. The van der Waals surface area contributed by atoms with Crippen LogP contribution in [0.1, 0.15) is 12.0 Å². The lowest BCUT2D eigenvalue weighted by atomic mass is 10.1. The average Bonchev–Trinajstić information content (AvgIpc) is 2.78. The molecule has 1 aliphatic rings. The first kappa shape index (κ1) is 15.4. The van der Waals surface area contributed by atoms with Gasteiger partial charge in [0.2, 0.25) is 5.91 Å². The number of sulfone groups is 1. The minimum absolute atomic E-state index is 0.0705. The maximum Gasteiger partial charge on any atom is 0.235 e. The van der Waals surface area contributed by atoms with Crippen molar-refractivity contribution in [3.8, 4) is 0 Å². The number of carbonyl (C=O) groups is 1. The second-order valence-electron chi connectivity index (χ2n) is 5.21. The maximum absolute atomic E-state index is 12.3. The predicted molar refractivity (Wildman–Crippen MR) is 82.7 cm³/mol. The van der Waals surface area contributed by atoms with Crippen LogP contribution in [-0.4, -0.2) is 49.1 Å². The molecule has 1 amide bonds. The van der Waals surface area contributed by atoms with Crippen molar-refractivity contribution in [3.05, 3.63) is 35.9 Å². The van der Waals surface area contributed by atoms with Gasteiger partial charge in [-0.2, -0.15) is 12.6 Å². The van der Waals surface area contributed by atoms with Gasteiger partial charge in [0.1, 0.15) is 0 Å². The highest BCUT2D eigenvalue weighted by Crippen LogP contribution is 2.19. The number of carbonyl (C=O) groups excluding carboxylic acids is 1. The molecule has 0 saturated carbocycles. The Morgan fingerprint density at radius 3 is 2.60 bits per heavy atom. The molecule has 4 nitrogen and oxygen atoms in total. The summed E-state index contributed by atoms with van der Waals surface area (Å²) in [7, 11) is -1.31. The lowest BCUT2D eigenvalue weighted by molar-refractivity contribution is -0.130. The Hall–Kier alpha value is -1.01. The van der Waals surface area contributed by atoms with E-state index >= 15 is 0 Å². The van der Waals surface area contributed by atoms with E-state index in [-0.39, 0.29) is 23.5 Å². The summed E-state index contributed by atoms with van der Waals surface area (Å²) in [6.07, 6.45) is 1.07. The van der Waals surface area contributed by atoms with Crippen molar-refractivity contribution in [2.45, 2.75) is 24.1 Å². The van der Waals surface area contributed by atoms with Crippen molar-refractivity contribution < 1.29 is 13.2 Å². The van der Waals surface area contributed by atoms with Crippen LogP contribution in [0, 0.1) is 0 Å². The lowest BCUT2D eigenvalue weighted by Crippen LogP contribution is -2.42. The number of amides is 1. The highest BCUT2D eigenvalue weighted by molar-refractivity contribution is 7.91. The van der Waals surface area contributed by atoms with Crippen LogP contribution in [0.3, 0.4) is 0 Å². The number of nitrogens with zero attached hydrogens (tertiary/aromatic N) is 1. The minimum Gasteiger partial charge on any atom is -0.341 e. The normalized spacial score (nSPS) is 22.4. The van der Waals surface area contributed by atoms with Gasteiger partial charge in [-0.3, -0.25) is 4.79 Å². The molecule has 1 aromatic rings. The van der Waals surface area contributed by atoms with Gasteiger partial charge in [-0.05, 0) is 18.4 Å². The van der Waals surface area contributed by atoms with E-state index in [1.54, 1.807) is 11.9 Å². The highest BCUT2D eigenvalue weighted by Gasteiger charge is 2.34. The first-order chi connectivity index (χ1) is 9.39. The molecule has 0 bridgehead atoms. The van der Waals surface area contributed by atoms with Crippen molar-refractivity contribution in [3.63, 3.8) is 0 Å². The smallest absolute Gasteiger partial charge is 0.235 e. The first-order valence-corrected chi connectivity index (χ1v) is 8.92. The zero-order valence-electron chi connectivity index (χ0n) is 11.4. The van der Waals surface area contributed by atoms with E-state index in [1.807, 2.05) is 30.3 Å². The van der Waals surface area contributed by atoms with Crippen molar-refractivity contribution in [1.29, 1.82) is 0 Å². The third kappa shape index (κ3) is 3.76. The van der Waals surface area contributed by atoms with Gasteiger partial charge < -0.3 is 4.90 Å².